The Morgan fingerprint density at radius 2 is 2.29 bits per heavy atom. The number of hydrogen-bond donors (Lipinski definition) is 0. The molecule has 0 aromatic carbocycles. The Morgan fingerprint density at radius 3 is 3.00 bits per heavy atom. The molecule has 3 rings (SSSR count). The van der Waals surface area contributed by atoms with Gasteiger partial charge in [-0.2, -0.15) is 29.5 Å². The van der Waals surface area contributed by atoms with Crippen LogP contribution >= 0.6 is 11.3 Å². The van der Waals surface area contributed by atoms with E-state index in [-0.39, 0.29) is 25.6 Å². The maximum atomic E-state index is 12.6. The highest BCUT2D eigenvalue weighted by Gasteiger charge is 2.38. The van der Waals surface area contributed by atoms with Crippen LogP contribution in [-0.4, -0.2) is 47.5 Å². The standard InChI is InChI=1S/C12H12F3N3O2S/c13-12(14,15)7-18-2-3-19-5-9(18)11-16-10(17-20-11)8-1-4-21-6-8/h1,4,6,9H,2-3,5,7H2/t9-/m1/s1. The molecule has 0 radical (unpaired) electrons. The van der Waals surface area contributed by atoms with Crippen molar-refractivity contribution in [2.24, 2.45) is 0 Å². The van der Waals surface area contributed by atoms with E-state index in [1.165, 1.54) is 16.2 Å². The summed E-state index contributed by atoms with van der Waals surface area (Å²) in [5.74, 6) is 0.531. The Bertz CT molecular complexity index is 585. The molecule has 2 aromatic heterocycles. The van der Waals surface area contributed by atoms with E-state index in [0.29, 0.717) is 5.82 Å². The van der Waals surface area contributed by atoms with Crippen LogP contribution in [-0.2, 0) is 4.74 Å². The molecule has 9 heteroatoms. The lowest BCUT2D eigenvalue weighted by Gasteiger charge is -2.33. The van der Waals surface area contributed by atoms with Crippen LogP contribution in [0.2, 0.25) is 0 Å². The third-order valence-electron chi connectivity index (χ3n) is 3.13. The van der Waals surface area contributed by atoms with Crippen molar-refractivity contribution < 1.29 is 22.4 Å². The summed E-state index contributed by atoms with van der Waals surface area (Å²) in [4.78, 5) is 5.45. The minimum atomic E-state index is -4.27. The van der Waals surface area contributed by atoms with Gasteiger partial charge in [0.15, 0.2) is 0 Å². The predicted octanol–water partition coefficient (Wildman–Crippen LogP) is 2.73. The first-order chi connectivity index (χ1) is 10.0. The number of nitrogens with zero attached hydrogens (tertiary/aromatic N) is 3. The highest BCUT2D eigenvalue weighted by atomic mass is 32.1. The Hall–Kier alpha value is -1.45. The molecule has 3 heterocycles. The molecule has 1 atom stereocenters. The van der Waals surface area contributed by atoms with Crippen molar-refractivity contribution in [2.45, 2.75) is 12.2 Å². The first-order valence-corrected chi connectivity index (χ1v) is 7.22. The van der Waals surface area contributed by atoms with Crippen LogP contribution in [0, 0.1) is 0 Å². The maximum absolute atomic E-state index is 12.6. The minimum Gasteiger partial charge on any atom is -0.378 e. The van der Waals surface area contributed by atoms with E-state index in [2.05, 4.69) is 10.1 Å². The van der Waals surface area contributed by atoms with Gasteiger partial charge in [-0.3, -0.25) is 4.90 Å². The number of halogens is 3. The maximum Gasteiger partial charge on any atom is 0.401 e. The fourth-order valence-corrected chi connectivity index (χ4v) is 2.80. The molecule has 1 aliphatic rings. The van der Waals surface area contributed by atoms with Gasteiger partial charge in [-0.05, 0) is 11.4 Å². The second kappa shape index (κ2) is 5.74. The van der Waals surface area contributed by atoms with Crippen molar-refractivity contribution in [3.05, 3.63) is 22.7 Å². The number of alkyl halides is 3. The van der Waals surface area contributed by atoms with Crippen LogP contribution in [0.1, 0.15) is 11.9 Å². The molecule has 114 valence electrons. The third kappa shape index (κ3) is 3.42. The van der Waals surface area contributed by atoms with E-state index in [9.17, 15) is 13.2 Å². The average Bonchev–Trinajstić information content (AvgIpc) is 3.08. The van der Waals surface area contributed by atoms with E-state index in [1.807, 2.05) is 16.8 Å². The predicted molar refractivity (Wildman–Crippen MR) is 68.8 cm³/mol. The van der Waals surface area contributed by atoms with E-state index >= 15 is 0 Å². The SMILES string of the molecule is FC(F)(F)CN1CCOC[C@@H]1c1nc(-c2ccsc2)no1. The van der Waals surface area contributed by atoms with Gasteiger partial charge in [0.05, 0.1) is 19.8 Å². The smallest absolute Gasteiger partial charge is 0.378 e. The summed E-state index contributed by atoms with van der Waals surface area (Å²) in [6.45, 7) is -0.461. The van der Waals surface area contributed by atoms with E-state index in [1.54, 1.807) is 0 Å². The summed E-state index contributed by atoms with van der Waals surface area (Å²) in [6.07, 6.45) is -4.27. The molecule has 0 aliphatic carbocycles. The molecule has 5 nitrogen and oxygen atoms in total. The van der Waals surface area contributed by atoms with Gasteiger partial charge in [-0.1, -0.05) is 5.16 Å². The number of morpholine rings is 1. The van der Waals surface area contributed by atoms with Gasteiger partial charge in [0.2, 0.25) is 11.7 Å². The van der Waals surface area contributed by atoms with Crippen molar-refractivity contribution >= 4 is 11.3 Å². The van der Waals surface area contributed by atoms with Gasteiger partial charge in [0.1, 0.15) is 6.04 Å². The molecule has 0 amide bonds. The van der Waals surface area contributed by atoms with Gasteiger partial charge in [-0.25, -0.2) is 0 Å². The van der Waals surface area contributed by atoms with E-state index in [0.717, 1.165) is 5.56 Å². The average molecular weight is 319 g/mol. The summed E-state index contributed by atoms with van der Waals surface area (Å²) in [5, 5.41) is 7.53. The van der Waals surface area contributed by atoms with Crippen LogP contribution in [0.15, 0.2) is 21.3 Å². The topological polar surface area (TPSA) is 51.4 Å². The first-order valence-electron chi connectivity index (χ1n) is 6.28. The summed E-state index contributed by atoms with van der Waals surface area (Å²) in [7, 11) is 0. The van der Waals surface area contributed by atoms with E-state index < -0.39 is 18.8 Å². The van der Waals surface area contributed by atoms with Crippen LogP contribution < -0.4 is 0 Å². The fourth-order valence-electron chi connectivity index (χ4n) is 2.16. The Balaban J connectivity index is 1.80. The summed E-state index contributed by atoms with van der Waals surface area (Å²) < 4.78 is 48.2. The van der Waals surface area contributed by atoms with E-state index in [4.69, 9.17) is 9.26 Å². The number of aromatic nitrogens is 2. The highest BCUT2D eigenvalue weighted by Crippen LogP contribution is 2.29. The second-order valence-electron chi connectivity index (χ2n) is 4.64. The number of ether oxygens (including phenoxy) is 1. The van der Waals surface area contributed by atoms with Gasteiger partial charge in [0, 0.05) is 17.5 Å². The van der Waals surface area contributed by atoms with Crippen molar-refractivity contribution in [1.82, 2.24) is 15.0 Å². The summed E-state index contributed by atoms with van der Waals surface area (Å²) in [5.41, 5.74) is 0.786. The third-order valence-corrected chi connectivity index (χ3v) is 3.81. The molecule has 21 heavy (non-hydrogen) atoms. The summed E-state index contributed by atoms with van der Waals surface area (Å²) >= 11 is 1.48. The van der Waals surface area contributed by atoms with Crippen molar-refractivity contribution in [3.8, 4) is 11.4 Å². The Kier molecular flexibility index (Phi) is 3.96. The molecule has 2 aromatic rings. The molecule has 0 saturated carbocycles. The van der Waals surface area contributed by atoms with Crippen LogP contribution in [0.4, 0.5) is 13.2 Å². The molecular formula is C12H12F3N3O2S. The number of hydrogen-bond acceptors (Lipinski definition) is 6. The van der Waals surface area contributed by atoms with Gasteiger partial charge in [-0.15, -0.1) is 0 Å². The molecule has 1 fully saturated rings. The highest BCUT2D eigenvalue weighted by molar-refractivity contribution is 7.08. The lowest BCUT2D eigenvalue weighted by atomic mass is 10.2. The lowest BCUT2D eigenvalue weighted by Crippen LogP contribution is -2.44. The molecule has 0 N–H and O–H groups in total. The zero-order valence-electron chi connectivity index (χ0n) is 10.8. The zero-order valence-corrected chi connectivity index (χ0v) is 11.7. The van der Waals surface area contributed by atoms with Gasteiger partial charge >= 0.3 is 6.18 Å². The lowest BCUT2D eigenvalue weighted by molar-refractivity contribution is -0.164. The van der Waals surface area contributed by atoms with Gasteiger partial charge < -0.3 is 9.26 Å². The number of rotatable bonds is 3. The summed E-state index contributed by atoms with van der Waals surface area (Å²) in [6, 6.07) is 1.16. The van der Waals surface area contributed by atoms with Crippen molar-refractivity contribution in [3.63, 3.8) is 0 Å². The molecule has 0 bridgehead atoms. The first kappa shape index (κ1) is 14.5. The minimum absolute atomic E-state index is 0.112. The molecule has 1 saturated heterocycles. The molecule has 0 spiro atoms. The van der Waals surface area contributed by atoms with Gasteiger partial charge in [0.25, 0.3) is 0 Å². The molecular weight excluding hydrogens is 307 g/mol. The quantitative estimate of drug-likeness (QED) is 0.871. The largest absolute Gasteiger partial charge is 0.401 e. The monoisotopic (exact) mass is 319 g/mol. The van der Waals surface area contributed by atoms with Crippen molar-refractivity contribution in [1.29, 1.82) is 0 Å². The van der Waals surface area contributed by atoms with Crippen LogP contribution in [0.5, 0.6) is 0 Å². The van der Waals surface area contributed by atoms with Crippen LogP contribution in [0.25, 0.3) is 11.4 Å². The fraction of sp³-hybridized carbons (Fsp3) is 0.500. The molecule has 0 unspecified atom stereocenters. The van der Waals surface area contributed by atoms with Crippen molar-refractivity contribution in [2.75, 3.05) is 26.3 Å². The van der Waals surface area contributed by atoms with Crippen LogP contribution in [0.3, 0.4) is 0 Å². The zero-order chi connectivity index (χ0) is 14.9. The normalized spacial score (nSPS) is 20.8. The Labute approximate surface area is 122 Å². The second-order valence-corrected chi connectivity index (χ2v) is 5.42. The molecule has 1 aliphatic heterocycles. The number of thiophene rings is 1. The Morgan fingerprint density at radius 1 is 1.43 bits per heavy atom.